The van der Waals surface area contributed by atoms with Crippen LogP contribution < -0.4 is 4.74 Å². The molecular formula is C15H22N2O. The van der Waals surface area contributed by atoms with E-state index >= 15 is 0 Å². The number of pyridine rings is 1. The van der Waals surface area contributed by atoms with E-state index in [1.807, 2.05) is 12.3 Å². The SMILES string of the molecule is CCN(C)C(C)Cc1ccn2ccc(OC)cc12. The summed E-state index contributed by atoms with van der Waals surface area (Å²) in [6, 6.07) is 6.84. The first-order valence-corrected chi connectivity index (χ1v) is 6.49. The Kier molecular flexibility index (Phi) is 3.92. The standard InChI is InChI=1S/C15H22N2O/c1-5-16(3)12(2)10-13-6-8-17-9-7-14(18-4)11-15(13)17/h6-9,11-12H,5,10H2,1-4H3. The minimum Gasteiger partial charge on any atom is -0.497 e. The van der Waals surface area contributed by atoms with Gasteiger partial charge in [-0.15, -0.1) is 0 Å². The zero-order valence-corrected chi connectivity index (χ0v) is 11.7. The van der Waals surface area contributed by atoms with Crippen LogP contribution in [0.3, 0.4) is 0 Å². The van der Waals surface area contributed by atoms with Gasteiger partial charge in [-0.25, -0.2) is 0 Å². The minimum atomic E-state index is 0.549. The van der Waals surface area contributed by atoms with Crippen molar-refractivity contribution in [3.8, 4) is 5.75 Å². The molecule has 0 aliphatic heterocycles. The molecule has 1 atom stereocenters. The van der Waals surface area contributed by atoms with Crippen molar-refractivity contribution in [3.05, 3.63) is 36.2 Å². The molecule has 2 rings (SSSR count). The van der Waals surface area contributed by atoms with E-state index in [0.717, 1.165) is 18.7 Å². The van der Waals surface area contributed by atoms with Gasteiger partial charge in [0.15, 0.2) is 0 Å². The fraction of sp³-hybridized carbons (Fsp3) is 0.467. The molecule has 1 unspecified atom stereocenters. The molecule has 2 aromatic heterocycles. The maximum Gasteiger partial charge on any atom is 0.122 e. The van der Waals surface area contributed by atoms with Crippen LogP contribution in [0.25, 0.3) is 5.52 Å². The van der Waals surface area contributed by atoms with Crippen molar-refractivity contribution in [2.24, 2.45) is 0 Å². The van der Waals surface area contributed by atoms with E-state index < -0.39 is 0 Å². The van der Waals surface area contributed by atoms with Crippen molar-refractivity contribution in [1.29, 1.82) is 0 Å². The maximum absolute atomic E-state index is 5.30. The summed E-state index contributed by atoms with van der Waals surface area (Å²) in [5.74, 6) is 0.916. The fourth-order valence-corrected chi connectivity index (χ4v) is 2.22. The number of aromatic nitrogens is 1. The Bertz CT molecular complexity index is 518. The Morgan fingerprint density at radius 3 is 2.72 bits per heavy atom. The summed E-state index contributed by atoms with van der Waals surface area (Å²) < 4.78 is 7.45. The van der Waals surface area contributed by atoms with Gasteiger partial charge in [0, 0.05) is 24.5 Å². The summed E-state index contributed by atoms with van der Waals surface area (Å²) in [7, 11) is 3.88. The summed E-state index contributed by atoms with van der Waals surface area (Å²) in [4.78, 5) is 2.36. The van der Waals surface area contributed by atoms with Crippen molar-refractivity contribution in [2.45, 2.75) is 26.3 Å². The smallest absolute Gasteiger partial charge is 0.122 e. The first kappa shape index (κ1) is 13.0. The van der Waals surface area contributed by atoms with E-state index in [0.29, 0.717) is 6.04 Å². The zero-order valence-electron chi connectivity index (χ0n) is 11.7. The number of hydrogen-bond acceptors (Lipinski definition) is 2. The highest BCUT2D eigenvalue weighted by Crippen LogP contribution is 2.20. The second-order valence-electron chi connectivity index (χ2n) is 4.83. The lowest BCUT2D eigenvalue weighted by atomic mass is 10.1. The molecule has 0 aliphatic carbocycles. The first-order valence-electron chi connectivity index (χ1n) is 6.49. The topological polar surface area (TPSA) is 16.9 Å². The first-order chi connectivity index (χ1) is 8.65. The highest BCUT2D eigenvalue weighted by atomic mass is 16.5. The molecule has 3 heteroatoms. The van der Waals surface area contributed by atoms with Crippen molar-refractivity contribution in [1.82, 2.24) is 9.30 Å². The molecular weight excluding hydrogens is 224 g/mol. The van der Waals surface area contributed by atoms with Crippen molar-refractivity contribution < 1.29 is 4.74 Å². The fourth-order valence-electron chi connectivity index (χ4n) is 2.22. The average molecular weight is 246 g/mol. The number of methoxy groups -OCH3 is 1. The number of likely N-dealkylation sites (N-methyl/N-ethyl adjacent to an activating group) is 1. The zero-order chi connectivity index (χ0) is 13.1. The predicted octanol–water partition coefficient (Wildman–Crippen LogP) is 2.83. The van der Waals surface area contributed by atoms with Crippen LogP contribution in [0.4, 0.5) is 0 Å². The second-order valence-corrected chi connectivity index (χ2v) is 4.83. The van der Waals surface area contributed by atoms with E-state index in [2.05, 4.69) is 48.5 Å². The van der Waals surface area contributed by atoms with Gasteiger partial charge in [0.05, 0.1) is 12.6 Å². The van der Waals surface area contributed by atoms with Gasteiger partial charge in [-0.2, -0.15) is 0 Å². The third-order valence-corrected chi connectivity index (χ3v) is 3.72. The lowest BCUT2D eigenvalue weighted by Gasteiger charge is -2.22. The summed E-state index contributed by atoms with van der Waals surface area (Å²) in [5.41, 5.74) is 2.62. The highest BCUT2D eigenvalue weighted by Gasteiger charge is 2.11. The van der Waals surface area contributed by atoms with E-state index in [4.69, 9.17) is 4.74 Å². The molecule has 3 nitrogen and oxygen atoms in total. The van der Waals surface area contributed by atoms with Crippen LogP contribution in [-0.4, -0.2) is 36.0 Å². The third-order valence-electron chi connectivity index (χ3n) is 3.72. The van der Waals surface area contributed by atoms with Crippen LogP contribution in [0.1, 0.15) is 19.4 Å². The molecule has 2 aromatic rings. The molecule has 0 spiro atoms. The van der Waals surface area contributed by atoms with Gasteiger partial charge >= 0.3 is 0 Å². The third kappa shape index (κ3) is 2.51. The average Bonchev–Trinajstić information content (AvgIpc) is 2.80. The molecule has 2 heterocycles. The number of hydrogen-bond donors (Lipinski definition) is 0. The summed E-state index contributed by atoms with van der Waals surface area (Å²) in [5, 5.41) is 0. The molecule has 0 N–H and O–H groups in total. The molecule has 0 aromatic carbocycles. The van der Waals surface area contributed by atoms with Crippen LogP contribution in [0.5, 0.6) is 5.75 Å². The Hall–Kier alpha value is -1.48. The second kappa shape index (κ2) is 5.44. The molecule has 0 aliphatic rings. The van der Waals surface area contributed by atoms with Gasteiger partial charge in [0.25, 0.3) is 0 Å². The molecule has 18 heavy (non-hydrogen) atoms. The summed E-state index contributed by atoms with van der Waals surface area (Å²) in [6.07, 6.45) is 5.22. The Labute approximate surface area is 109 Å². The van der Waals surface area contributed by atoms with E-state index in [9.17, 15) is 0 Å². The molecule has 0 fully saturated rings. The maximum atomic E-state index is 5.30. The molecule has 98 valence electrons. The van der Waals surface area contributed by atoms with Gasteiger partial charge in [-0.05, 0) is 44.6 Å². The lowest BCUT2D eigenvalue weighted by Crippen LogP contribution is -2.30. The Morgan fingerprint density at radius 1 is 1.33 bits per heavy atom. The Balaban J connectivity index is 2.27. The molecule has 0 amide bonds. The van der Waals surface area contributed by atoms with Crippen LogP contribution in [0, 0.1) is 0 Å². The van der Waals surface area contributed by atoms with Gasteiger partial charge in [0.1, 0.15) is 5.75 Å². The van der Waals surface area contributed by atoms with E-state index in [1.165, 1.54) is 11.1 Å². The van der Waals surface area contributed by atoms with Crippen molar-refractivity contribution in [3.63, 3.8) is 0 Å². The summed E-state index contributed by atoms with van der Waals surface area (Å²) in [6.45, 7) is 5.54. The van der Waals surface area contributed by atoms with Crippen LogP contribution in [0.2, 0.25) is 0 Å². The largest absolute Gasteiger partial charge is 0.497 e. The van der Waals surface area contributed by atoms with Gasteiger partial charge in [0.2, 0.25) is 0 Å². The number of ether oxygens (including phenoxy) is 1. The van der Waals surface area contributed by atoms with E-state index in [1.54, 1.807) is 7.11 Å². The van der Waals surface area contributed by atoms with Crippen LogP contribution >= 0.6 is 0 Å². The van der Waals surface area contributed by atoms with Crippen molar-refractivity contribution >= 4 is 5.52 Å². The van der Waals surface area contributed by atoms with Crippen molar-refractivity contribution in [2.75, 3.05) is 20.7 Å². The predicted molar refractivity (Wildman–Crippen MR) is 75.4 cm³/mol. The molecule has 0 radical (unpaired) electrons. The van der Waals surface area contributed by atoms with E-state index in [-0.39, 0.29) is 0 Å². The molecule has 0 bridgehead atoms. The lowest BCUT2D eigenvalue weighted by molar-refractivity contribution is 0.270. The number of fused-ring (bicyclic) bond motifs is 1. The monoisotopic (exact) mass is 246 g/mol. The quantitative estimate of drug-likeness (QED) is 0.807. The number of nitrogens with zero attached hydrogens (tertiary/aromatic N) is 2. The molecule has 0 saturated heterocycles. The summed E-state index contributed by atoms with van der Waals surface area (Å²) >= 11 is 0. The highest BCUT2D eigenvalue weighted by molar-refractivity contribution is 5.59. The van der Waals surface area contributed by atoms with Gasteiger partial charge in [-0.1, -0.05) is 6.92 Å². The van der Waals surface area contributed by atoms with Gasteiger partial charge in [-0.3, -0.25) is 0 Å². The van der Waals surface area contributed by atoms with Gasteiger partial charge < -0.3 is 14.0 Å². The molecule has 0 saturated carbocycles. The van der Waals surface area contributed by atoms with Crippen LogP contribution in [-0.2, 0) is 6.42 Å². The Morgan fingerprint density at radius 2 is 2.06 bits per heavy atom. The minimum absolute atomic E-state index is 0.549. The normalized spacial score (nSPS) is 13.2. The number of rotatable bonds is 5. The van der Waals surface area contributed by atoms with Crippen LogP contribution in [0.15, 0.2) is 30.6 Å².